The van der Waals surface area contributed by atoms with Gasteiger partial charge in [0.05, 0.1) is 11.7 Å². The average molecular weight is 559 g/mol. The number of nitrogens with zero attached hydrogens (tertiary/aromatic N) is 2. The number of benzene rings is 1. The van der Waals surface area contributed by atoms with Crippen LogP contribution in [-0.4, -0.2) is 95.3 Å². The summed E-state index contributed by atoms with van der Waals surface area (Å²) >= 11 is 0. The number of anilines is 1. The van der Waals surface area contributed by atoms with Crippen LogP contribution in [0.1, 0.15) is 43.4 Å². The SMILES string of the molecule is CC(C)CCNCc1cc(N(C)C)c2c(c1O)C(O)=C1C(=O)[C@]3(O)C(=O)C(C(N)=O)C(O)[C@@H](N(C)C)[C@@H]3C[C@@H]1C2. The van der Waals surface area contributed by atoms with E-state index in [1.165, 1.54) is 0 Å². The molecule has 1 amide bonds. The number of aromatic hydroxyl groups is 1. The number of likely N-dealkylation sites (N-methyl/N-ethyl adjacent to an activating group) is 1. The molecule has 220 valence electrons. The molecule has 1 aromatic carbocycles. The fraction of sp³-hybridized carbons (Fsp3) is 0.621. The van der Waals surface area contributed by atoms with Gasteiger partial charge in [0.2, 0.25) is 11.7 Å². The van der Waals surface area contributed by atoms with E-state index in [0.29, 0.717) is 23.6 Å². The van der Waals surface area contributed by atoms with Crippen molar-refractivity contribution in [3.63, 3.8) is 0 Å². The van der Waals surface area contributed by atoms with Gasteiger partial charge in [0, 0.05) is 49.4 Å². The Kier molecular flexibility index (Phi) is 8.07. The smallest absolute Gasteiger partial charge is 0.230 e. The maximum atomic E-state index is 14.0. The number of carbonyl (C=O) groups excluding carboxylic acids is 3. The molecule has 3 aliphatic rings. The van der Waals surface area contributed by atoms with Crippen LogP contribution in [0, 0.1) is 23.7 Å². The van der Waals surface area contributed by atoms with Gasteiger partial charge < -0.3 is 41.3 Å². The quantitative estimate of drug-likeness (QED) is 0.193. The average Bonchev–Trinajstić information content (AvgIpc) is 2.84. The fourth-order valence-corrected chi connectivity index (χ4v) is 6.85. The summed E-state index contributed by atoms with van der Waals surface area (Å²) in [5, 5.41) is 49.0. The number of hydrogen-bond acceptors (Lipinski definition) is 10. The van der Waals surface area contributed by atoms with Gasteiger partial charge in [-0.3, -0.25) is 14.4 Å². The number of aliphatic hydroxyl groups excluding tert-OH is 2. The molecule has 0 bridgehead atoms. The van der Waals surface area contributed by atoms with Crippen molar-refractivity contribution in [2.24, 2.45) is 29.4 Å². The molecular weight excluding hydrogens is 516 g/mol. The predicted octanol–water partition coefficient (Wildman–Crippen LogP) is 0.331. The molecule has 0 saturated heterocycles. The Bertz CT molecular complexity index is 1260. The van der Waals surface area contributed by atoms with Crippen LogP contribution in [0.3, 0.4) is 0 Å². The van der Waals surface area contributed by atoms with E-state index in [1.54, 1.807) is 19.0 Å². The Morgan fingerprint density at radius 3 is 2.40 bits per heavy atom. The highest BCUT2D eigenvalue weighted by molar-refractivity contribution is 6.25. The lowest BCUT2D eigenvalue weighted by molar-refractivity contribution is -0.184. The predicted molar refractivity (Wildman–Crippen MR) is 150 cm³/mol. The molecule has 2 fully saturated rings. The molecule has 6 atom stereocenters. The molecule has 1 aromatic rings. The van der Waals surface area contributed by atoms with E-state index >= 15 is 0 Å². The van der Waals surface area contributed by atoms with Gasteiger partial charge in [-0.15, -0.1) is 0 Å². The molecule has 7 N–H and O–H groups in total. The molecule has 40 heavy (non-hydrogen) atoms. The van der Waals surface area contributed by atoms with Crippen molar-refractivity contribution in [3.05, 3.63) is 28.3 Å². The van der Waals surface area contributed by atoms with Gasteiger partial charge >= 0.3 is 0 Å². The van der Waals surface area contributed by atoms with Crippen LogP contribution in [0.25, 0.3) is 5.76 Å². The lowest BCUT2D eigenvalue weighted by Gasteiger charge is -2.53. The van der Waals surface area contributed by atoms with Crippen LogP contribution in [0.2, 0.25) is 0 Å². The van der Waals surface area contributed by atoms with Crippen molar-refractivity contribution in [3.8, 4) is 5.75 Å². The normalized spacial score (nSPS) is 29.9. The van der Waals surface area contributed by atoms with Crippen LogP contribution >= 0.6 is 0 Å². The first-order chi connectivity index (χ1) is 18.6. The minimum absolute atomic E-state index is 0.0876. The molecule has 3 aliphatic carbocycles. The fourth-order valence-electron chi connectivity index (χ4n) is 6.85. The van der Waals surface area contributed by atoms with Crippen LogP contribution in [-0.2, 0) is 27.3 Å². The summed E-state index contributed by atoms with van der Waals surface area (Å²) in [7, 11) is 6.97. The number of carbonyl (C=O) groups is 3. The van der Waals surface area contributed by atoms with Crippen molar-refractivity contribution in [1.82, 2.24) is 10.2 Å². The number of phenols is 1. The number of fused-ring (bicyclic) bond motifs is 3. The summed E-state index contributed by atoms with van der Waals surface area (Å²) in [4.78, 5) is 43.2. The minimum atomic E-state index is -2.67. The second kappa shape index (κ2) is 10.8. The topological polar surface area (TPSA) is 177 Å². The van der Waals surface area contributed by atoms with Crippen LogP contribution in [0.5, 0.6) is 5.75 Å². The lowest BCUT2D eigenvalue weighted by atomic mass is 9.54. The number of nitrogens with two attached hydrogens (primary N) is 1. The largest absolute Gasteiger partial charge is 0.507 e. The second-order valence-corrected chi connectivity index (χ2v) is 12.3. The Morgan fingerprint density at radius 2 is 1.85 bits per heavy atom. The van der Waals surface area contributed by atoms with Gasteiger partial charge in [-0.2, -0.15) is 0 Å². The zero-order valence-electron chi connectivity index (χ0n) is 24.1. The summed E-state index contributed by atoms with van der Waals surface area (Å²) in [6.45, 7) is 5.30. The summed E-state index contributed by atoms with van der Waals surface area (Å²) in [6.07, 6.45) is -0.218. The van der Waals surface area contributed by atoms with Gasteiger partial charge in [-0.25, -0.2) is 0 Å². The van der Waals surface area contributed by atoms with Gasteiger partial charge in [-0.1, -0.05) is 13.8 Å². The number of rotatable bonds is 8. The summed E-state index contributed by atoms with van der Waals surface area (Å²) in [6, 6.07) is 0.944. The molecule has 0 aliphatic heterocycles. The van der Waals surface area contributed by atoms with E-state index < -0.39 is 58.7 Å². The maximum Gasteiger partial charge on any atom is 0.230 e. The highest BCUT2D eigenvalue weighted by atomic mass is 16.3. The van der Waals surface area contributed by atoms with Gasteiger partial charge in [-0.05, 0) is 63.4 Å². The van der Waals surface area contributed by atoms with E-state index in [1.807, 2.05) is 25.1 Å². The molecular formula is C29H42N4O7. The highest BCUT2D eigenvalue weighted by Gasteiger charge is 2.67. The molecule has 11 heteroatoms. The minimum Gasteiger partial charge on any atom is -0.507 e. The Balaban J connectivity index is 1.85. The molecule has 0 spiro atoms. The van der Waals surface area contributed by atoms with Crippen molar-refractivity contribution >= 4 is 28.9 Å². The number of amides is 1. The van der Waals surface area contributed by atoms with Gasteiger partial charge in [0.25, 0.3) is 0 Å². The van der Waals surface area contributed by atoms with Gasteiger partial charge in [0.1, 0.15) is 17.4 Å². The first kappa shape index (κ1) is 30.0. The summed E-state index contributed by atoms with van der Waals surface area (Å²) in [5.74, 6) is -6.89. The molecule has 0 radical (unpaired) electrons. The summed E-state index contributed by atoms with van der Waals surface area (Å²) < 4.78 is 0. The second-order valence-electron chi connectivity index (χ2n) is 12.3. The van der Waals surface area contributed by atoms with E-state index in [9.17, 15) is 34.8 Å². The first-order valence-corrected chi connectivity index (χ1v) is 13.8. The molecule has 11 nitrogen and oxygen atoms in total. The third kappa shape index (κ3) is 4.58. The number of phenolic OH excluding ortho intramolecular Hbond substituents is 1. The zero-order valence-corrected chi connectivity index (χ0v) is 24.1. The number of ketones is 2. The van der Waals surface area contributed by atoms with Crippen LogP contribution in [0.15, 0.2) is 11.6 Å². The molecule has 2 unspecified atom stereocenters. The molecule has 0 aromatic heterocycles. The first-order valence-electron chi connectivity index (χ1n) is 13.8. The van der Waals surface area contributed by atoms with Crippen molar-refractivity contribution in [1.29, 1.82) is 0 Å². The molecule has 4 rings (SSSR count). The van der Waals surface area contributed by atoms with Crippen LogP contribution < -0.4 is 16.0 Å². The van der Waals surface area contributed by atoms with Crippen molar-refractivity contribution in [2.75, 3.05) is 39.6 Å². The van der Waals surface area contributed by atoms with Crippen LogP contribution in [0.4, 0.5) is 5.69 Å². The van der Waals surface area contributed by atoms with Crippen molar-refractivity contribution in [2.45, 2.75) is 57.4 Å². The van der Waals surface area contributed by atoms with E-state index in [4.69, 9.17) is 5.73 Å². The Morgan fingerprint density at radius 1 is 1.20 bits per heavy atom. The number of nitrogens with one attached hydrogen (secondary N) is 1. The molecule has 2 saturated carbocycles. The monoisotopic (exact) mass is 558 g/mol. The van der Waals surface area contributed by atoms with E-state index in [-0.39, 0.29) is 29.7 Å². The lowest BCUT2D eigenvalue weighted by Crippen LogP contribution is -2.73. The molecule has 0 heterocycles. The number of primary amides is 1. The third-order valence-corrected chi connectivity index (χ3v) is 8.84. The van der Waals surface area contributed by atoms with Crippen molar-refractivity contribution < 1.29 is 34.8 Å². The number of aliphatic hydroxyl groups is 3. The van der Waals surface area contributed by atoms with Gasteiger partial charge in [0.15, 0.2) is 11.4 Å². The Hall–Kier alpha value is -2.99. The summed E-state index contributed by atoms with van der Waals surface area (Å²) in [5.41, 5.74) is 4.68. The third-order valence-electron chi connectivity index (χ3n) is 8.84. The van der Waals surface area contributed by atoms with E-state index in [0.717, 1.165) is 18.7 Å². The Labute approximate surface area is 234 Å². The highest BCUT2D eigenvalue weighted by Crippen LogP contribution is 2.53. The number of hydrogen-bond donors (Lipinski definition) is 6. The van der Waals surface area contributed by atoms with E-state index in [2.05, 4.69) is 19.2 Å². The maximum absolute atomic E-state index is 14.0. The standard InChI is InChI=1S/C29H42N4O7/c1-13(2)7-8-31-12-15-11-18(32(3)4)16-9-14-10-17-22(33(5)6)25(36)21(28(30)39)27(38)29(17,40)26(37)19(14)24(35)20(16)23(15)34/h11,13-14,17,21-22,25,31,34-36,40H,7-10,12H2,1-6H3,(H2,30,39)/t14-,17-,21?,22-,25?,29-/m0/s1. The number of Topliss-reactive ketones (excluding diaryl/α,β-unsaturated/α-hetero) is 2. The zero-order chi connectivity index (χ0) is 29.8.